The fraction of sp³-hybridized carbons (Fsp3) is 0.0408. The van der Waals surface area contributed by atoms with Gasteiger partial charge in [0.25, 0.3) is 0 Å². The molecule has 7 aromatic carbocycles. The number of hydrogen-bond acceptors (Lipinski definition) is 2. The largest absolute Gasteiger partial charge is 0.310 e. The fourth-order valence-electron chi connectivity index (χ4n) is 8.53. The van der Waals surface area contributed by atoms with E-state index in [4.69, 9.17) is 0 Å². The van der Waals surface area contributed by atoms with Gasteiger partial charge < -0.3 is 9.13 Å². The van der Waals surface area contributed by atoms with Crippen molar-refractivity contribution in [2.75, 3.05) is 0 Å². The minimum atomic E-state index is 0.693. The summed E-state index contributed by atoms with van der Waals surface area (Å²) in [5.74, 6) is 0. The highest BCUT2D eigenvalue weighted by Gasteiger charge is 2.20. The third kappa shape index (κ3) is 4.65. The molecule has 0 radical (unpaired) electrons. The highest BCUT2D eigenvalue weighted by Crippen LogP contribution is 2.41. The molecular weight excluding hydrogens is 663 g/mol. The van der Waals surface area contributed by atoms with Crippen molar-refractivity contribution in [2.24, 2.45) is 0 Å². The van der Waals surface area contributed by atoms with Gasteiger partial charge in [0.2, 0.25) is 0 Å². The maximum Gasteiger partial charge on any atom is 0.0991 e. The molecule has 0 saturated heterocycles. The predicted octanol–water partition coefficient (Wildman–Crippen LogP) is 13.3. The molecule has 3 aromatic heterocycles. The Morgan fingerprint density at radius 2 is 1.00 bits per heavy atom. The molecule has 0 fully saturated rings. The van der Waals surface area contributed by atoms with Gasteiger partial charge >= 0.3 is 0 Å². The second-order valence-electron chi connectivity index (χ2n) is 14.0. The minimum absolute atomic E-state index is 0.693. The smallest absolute Gasteiger partial charge is 0.0991 e. The monoisotopic (exact) mass is 693 g/mol. The van der Waals surface area contributed by atoms with Gasteiger partial charge in [-0.1, -0.05) is 66.7 Å². The molecule has 3 nitrogen and oxygen atoms in total. The normalized spacial score (nSPS) is 12.7. The average Bonchev–Trinajstić information content (AvgIpc) is 3.87. The summed E-state index contributed by atoms with van der Waals surface area (Å²) in [5, 5.41) is 15.7. The number of thiophene rings is 1. The van der Waals surface area contributed by atoms with E-state index < -0.39 is 0 Å². The van der Waals surface area contributed by atoms with E-state index in [9.17, 15) is 5.26 Å². The number of nitrogens with zero attached hydrogens (tertiary/aromatic N) is 3. The Balaban J connectivity index is 1.10. The molecule has 3 heterocycles. The molecule has 0 unspecified atom stereocenters. The van der Waals surface area contributed by atoms with Crippen LogP contribution in [0.5, 0.6) is 0 Å². The summed E-state index contributed by atoms with van der Waals surface area (Å²) >= 11 is 1.78. The van der Waals surface area contributed by atoms with Gasteiger partial charge in [0, 0.05) is 53.4 Å². The van der Waals surface area contributed by atoms with E-state index in [0.717, 1.165) is 23.9 Å². The fourth-order valence-corrected chi connectivity index (χ4v) is 9.60. The van der Waals surface area contributed by atoms with Crippen LogP contribution in [0.4, 0.5) is 0 Å². The summed E-state index contributed by atoms with van der Waals surface area (Å²) in [4.78, 5) is 0. The molecule has 0 saturated carbocycles. The van der Waals surface area contributed by atoms with Crippen molar-refractivity contribution in [3.8, 4) is 39.7 Å². The van der Waals surface area contributed by atoms with Gasteiger partial charge in [-0.05, 0) is 138 Å². The van der Waals surface area contributed by atoms with Crippen molar-refractivity contribution in [3.05, 3.63) is 175 Å². The van der Waals surface area contributed by atoms with E-state index in [1.165, 1.54) is 86.7 Å². The number of benzene rings is 7. The second-order valence-corrected chi connectivity index (χ2v) is 15.1. The quantitative estimate of drug-likeness (QED) is 0.181. The molecule has 0 bridgehead atoms. The van der Waals surface area contributed by atoms with Gasteiger partial charge in [-0.2, -0.15) is 5.26 Å². The molecule has 1 aliphatic rings. The van der Waals surface area contributed by atoms with Crippen LogP contribution in [-0.2, 0) is 6.42 Å². The third-order valence-corrected chi connectivity index (χ3v) is 12.2. The van der Waals surface area contributed by atoms with Crippen LogP contribution >= 0.6 is 11.3 Å². The first-order chi connectivity index (χ1) is 26.2. The maximum atomic E-state index is 9.59. The Kier molecular flexibility index (Phi) is 6.61. The lowest BCUT2D eigenvalue weighted by atomic mass is 9.96. The van der Waals surface area contributed by atoms with Gasteiger partial charge in [-0.3, -0.25) is 0 Å². The Hall–Kier alpha value is -6.67. The molecule has 0 spiro atoms. The molecule has 53 heavy (non-hydrogen) atoms. The first-order valence-electron chi connectivity index (χ1n) is 18.1. The molecule has 0 N–H and O–H groups in total. The van der Waals surface area contributed by atoms with Crippen LogP contribution in [0.15, 0.2) is 158 Å². The summed E-state index contributed by atoms with van der Waals surface area (Å²) in [7, 11) is 0. The minimum Gasteiger partial charge on any atom is -0.310 e. The average molecular weight is 694 g/mol. The van der Waals surface area contributed by atoms with Crippen LogP contribution in [0.2, 0.25) is 0 Å². The third-order valence-electron chi connectivity index (χ3n) is 11.0. The number of hydrogen-bond donors (Lipinski definition) is 0. The Bertz CT molecular complexity index is 3170. The molecule has 10 aromatic rings. The SMILES string of the molecule is N#Cc1ccc2sc3ccc(-c4ccc5c(c4)c4cc(-c6ccc7c(c6)c6c(n7-c7ccccc7)C=CCC6)ccc4n5-c4ccccc4)cc3c2c1. The standard InChI is InChI=1S/C49H31N3S/c50-30-31-15-23-48-42(25-31)43-29-35(19-24-49(43)53-48)34-18-22-47-41(28-34)40-27-33(17-21-46(40)52(47)37-11-5-2-6-12-37)32-16-20-45-39(26-32)38-13-7-8-14-44(38)51(45)36-9-3-1-4-10-36/h1-6,8-12,14-29H,7,13H2. The lowest BCUT2D eigenvalue weighted by molar-refractivity contribution is 0.967. The number of aromatic nitrogens is 2. The lowest BCUT2D eigenvalue weighted by Crippen LogP contribution is -1.99. The summed E-state index contributed by atoms with van der Waals surface area (Å²) < 4.78 is 7.25. The first-order valence-corrected chi connectivity index (χ1v) is 18.9. The van der Waals surface area contributed by atoms with E-state index >= 15 is 0 Å². The van der Waals surface area contributed by atoms with Crippen LogP contribution in [0.25, 0.3) is 92.6 Å². The predicted molar refractivity (Wildman–Crippen MR) is 223 cm³/mol. The van der Waals surface area contributed by atoms with E-state index in [1.54, 1.807) is 11.3 Å². The number of aryl methyl sites for hydroxylation is 1. The maximum absolute atomic E-state index is 9.59. The van der Waals surface area contributed by atoms with Crippen molar-refractivity contribution in [3.63, 3.8) is 0 Å². The van der Waals surface area contributed by atoms with Gasteiger partial charge in [-0.15, -0.1) is 11.3 Å². The van der Waals surface area contributed by atoms with Gasteiger partial charge in [-0.25, -0.2) is 0 Å². The number of fused-ring (bicyclic) bond motifs is 9. The van der Waals surface area contributed by atoms with Gasteiger partial charge in [0.1, 0.15) is 0 Å². The highest BCUT2D eigenvalue weighted by atomic mass is 32.1. The highest BCUT2D eigenvalue weighted by molar-refractivity contribution is 7.25. The van der Waals surface area contributed by atoms with Crippen molar-refractivity contribution >= 4 is 70.3 Å². The number of allylic oxidation sites excluding steroid dienone is 1. The summed E-state index contributed by atoms with van der Waals surface area (Å²) in [6.07, 6.45) is 6.71. The second kappa shape index (κ2) is 11.7. The summed E-state index contributed by atoms with van der Waals surface area (Å²) in [6, 6.07) is 57.4. The molecule has 248 valence electrons. The van der Waals surface area contributed by atoms with Crippen molar-refractivity contribution in [1.29, 1.82) is 5.26 Å². The molecule has 0 amide bonds. The zero-order valence-electron chi connectivity index (χ0n) is 28.8. The van der Waals surface area contributed by atoms with Crippen molar-refractivity contribution < 1.29 is 0 Å². The molecule has 1 aliphatic carbocycles. The Morgan fingerprint density at radius 3 is 1.62 bits per heavy atom. The summed E-state index contributed by atoms with van der Waals surface area (Å²) in [6.45, 7) is 0. The van der Waals surface area contributed by atoms with Crippen LogP contribution in [0.3, 0.4) is 0 Å². The van der Waals surface area contributed by atoms with Gasteiger partial charge in [0.05, 0.1) is 28.2 Å². The van der Waals surface area contributed by atoms with Crippen LogP contribution < -0.4 is 0 Å². The van der Waals surface area contributed by atoms with Crippen molar-refractivity contribution in [1.82, 2.24) is 9.13 Å². The van der Waals surface area contributed by atoms with Gasteiger partial charge in [0.15, 0.2) is 0 Å². The lowest BCUT2D eigenvalue weighted by Gasteiger charge is -2.11. The molecule has 11 rings (SSSR count). The van der Waals surface area contributed by atoms with Crippen LogP contribution in [0.1, 0.15) is 23.2 Å². The Labute approximate surface area is 310 Å². The summed E-state index contributed by atoms with van der Waals surface area (Å²) in [5.41, 5.74) is 14.2. The van der Waals surface area contributed by atoms with Crippen LogP contribution in [0, 0.1) is 11.3 Å². The zero-order valence-corrected chi connectivity index (χ0v) is 29.6. The van der Waals surface area contributed by atoms with E-state index in [0.29, 0.717) is 5.56 Å². The van der Waals surface area contributed by atoms with E-state index in [1.807, 2.05) is 12.1 Å². The van der Waals surface area contributed by atoms with Crippen molar-refractivity contribution in [2.45, 2.75) is 12.8 Å². The van der Waals surface area contributed by atoms with E-state index in [2.05, 4.69) is 167 Å². The molecular formula is C49H31N3S. The van der Waals surface area contributed by atoms with E-state index in [-0.39, 0.29) is 0 Å². The molecule has 0 aliphatic heterocycles. The number of rotatable bonds is 4. The molecule has 4 heteroatoms. The number of nitriles is 1. The first kappa shape index (κ1) is 30.0. The molecule has 0 atom stereocenters. The topological polar surface area (TPSA) is 33.6 Å². The number of para-hydroxylation sites is 2. The zero-order chi connectivity index (χ0) is 35.0. The van der Waals surface area contributed by atoms with Crippen LogP contribution in [-0.4, -0.2) is 9.13 Å². The Morgan fingerprint density at radius 1 is 0.491 bits per heavy atom.